The summed E-state index contributed by atoms with van der Waals surface area (Å²) in [7, 11) is 0. The van der Waals surface area contributed by atoms with E-state index in [1.54, 1.807) is 0 Å². The number of benzene rings is 1. The largest absolute Gasteiger partial charge is 0.478 e. The van der Waals surface area contributed by atoms with Gasteiger partial charge in [-0.05, 0) is 30.2 Å². The van der Waals surface area contributed by atoms with Crippen molar-refractivity contribution in [2.24, 2.45) is 0 Å². The highest BCUT2D eigenvalue weighted by Crippen LogP contribution is 2.39. The van der Waals surface area contributed by atoms with Crippen LogP contribution in [0.5, 0.6) is 5.75 Å². The minimum atomic E-state index is -4.88. The van der Waals surface area contributed by atoms with Crippen LogP contribution in [0, 0.1) is 0 Å². The summed E-state index contributed by atoms with van der Waals surface area (Å²) in [5.41, 5.74) is -0.412. The Morgan fingerprint density at radius 2 is 2.04 bits per heavy atom. The average Bonchev–Trinajstić information content (AvgIpc) is 2.51. The molecule has 0 aliphatic carbocycles. The van der Waals surface area contributed by atoms with Crippen molar-refractivity contribution >= 4 is 29.6 Å². The van der Waals surface area contributed by atoms with E-state index in [1.807, 2.05) is 6.92 Å². The minimum Gasteiger partial charge on any atom is -0.478 e. The van der Waals surface area contributed by atoms with Gasteiger partial charge in [-0.1, -0.05) is 18.5 Å². The fraction of sp³-hybridized carbons (Fsp3) is 0.375. The Kier molecular flexibility index (Phi) is 5.62. The Hall–Kier alpha value is -2.22. The second-order valence-corrected chi connectivity index (χ2v) is 5.86. The molecular weight excluding hydrogens is 363 g/mol. The number of carbonyl (C=O) groups is 2. The molecule has 1 unspecified atom stereocenters. The highest BCUT2D eigenvalue weighted by Gasteiger charge is 2.48. The maximum atomic E-state index is 13.1. The Bertz CT molecular complexity index is 731. The lowest BCUT2D eigenvalue weighted by molar-refractivity contribution is -0.187. The molecule has 1 amide bonds. The van der Waals surface area contributed by atoms with Gasteiger partial charge in [0.1, 0.15) is 5.75 Å². The second-order valence-electron chi connectivity index (χ2n) is 5.45. The molecule has 0 fully saturated rings. The summed E-state index contributed by atoms with van der Waals surface area (Å²) >= 11 is 6.07. The maximum Gasteiger partial charge on any atom is 0.430 e. The fourth-order valence-corrected chi connectivity index (χ4v) is 2.56. The lowest BCUT2D eigenvalue weighted by Crippen LogP contribution is -2.40. The molecule has 0 spiro atoms. The first-order chi connectivity index (χ1) is 11.6. The van der Waals surface area contributed by atoms with Gasteiger partial charge in [0.05, 0.1) is 5.57 Å². The van der Waals surface area contributed by atoms with Gasteiger partial charge >= 0.3 is 12.1 Å². The third kappa shape index (κ3) is 4.45. The number of nitrogens with one attached hydrogen (secondary N) is 1. The van der Waals surface area contributed by atoms with Crippen LogP contribution >= 0.6 is 11.6 Å². The molecule has 1 heterocycles. The van der Waals surface area contributed by atoms with Crippen LogP contribution in [0.3, 0.4) is 0 Å². The van der Waals surface area contributed by atoms with Crippen molar-refractivity contribution in [2.75, 3.05) is 0 Å². The standard InChI is InChI=1S/C16H15ClF3NO4/c1-2-3-13(22)21-7-9-6-12-8(5-11(9)17)4-10(15(23)24)14(25-12)16(18,19)20/h4-6,14H,2-3,7H2,1H3,(H,21,22)(H,23,24). The normalized spacial score (nSPS) is 16.5. The molecule has 1 aliphatic heterocycles. The number of carboxylic acid groups (broad SMARTS) is 1. The summed E-state index contributed by atoms with van der Waals surface area (Å²) in [6.45, 7) is 1.86. The molecule has 136 valence electrons. The number of aliphatic carboxylic acids is 1. The topological polar surface area (TPSA) is 75.6 Å². The van der Waals surface area contributed by atoms with Crippen LogP contribution in [-0.2, 0) is 16.1 Å². The number of carboxylic acids is 1. The third-order valence-corrected chi connectivity index (χ3v) is 3.87. The molecule has 0 saturated carbocycles. The first kappa shape index (κ1) is 19.1. The van der Waals surface area contributed by atoms with Gasteiger partial charge in [0.25, 0.3) is 0 Å². The zero-order valence-electron chi connectivity index (χ0n) is 13.1. The highest BCUT2D eigenvalue weighted by atomic mass is 35.5. The van der Waals surface area contributed by atoms with Crippen molar-refractivity contribution in [3.05, 3.63) is 33.9 Å². The molecule has 9 heteroatoms. The van der Waals surface area contributed by atoms with Crippen molar-refractivity contribution in [3.8, 4) is 5.75 Å². The average molecular weight is 378 g/mol. The Morgan fingerprint density at radius 3 is 2.60 bits per heavy atom. The van der Waals surface area contributed by atoms with Crippen LogP contribution in [-0.4, -0.2) is 29.3 Å². The zero-order chi connectivity index (χ0) is 18.8. The van der Waals surface area contributed by atoms with Crippen molar-refractivity contribution in [3.63, 3.8) is 0 Å². The predicted molar refractivity (Wildman–Crippen MR) is 84.3 cm³/mol. The van der Waals surface area contributed by atoms with E-state index < -0.39 is 23.8 Å². The van der Waals surface area contributed by atoms with Crippen molar-refractivity contribution < 1.29 is 32.6 Å². The van der Waals surface area contributed by atoms with E-state index in [0.29, 0.717) is 18.4 Å². The highest BCUT2D eigenvalue weighted by molar-refractivity contribution is 6.31. The van der Waals surface area contributed by atoms with Crippen LogP contribution in [0.4, 0.5) is 13.2 Å². The molecule has 0 aromatic heterocycles. The summed E-state index contributed by atoms with van der Waals surface area (Å²) in [5.74, 6) is -2.07. The molecule has 0 bridgehead atoms. The molecule has 5 nitrogen and oxygen atoms in total. The number of fused-ring (bicyclic) bond motifs is 1. The van der Waals surface area contributed by atoms with Crippen LogP contribution < -0.4 is 10.1 Å². The Morgan fingerprint density at radius 1 is 1.36 bits per heavy atom. The molecule has 0 radical (unpaired) electrons. The van der Waals surface area contributed by atoms with Gasteiger partial charge in [-0.2, -0.15) is 13.2 Å². The van der Waals surface area contributed by atoms with E-state index in [1.165, 1.54) is 12.1 Å². The molecule has 1 aromatic carbocycles. The third-order valence-electron chi connectivity index (χ3n) is 3.51. The number of hydrogen-bond acceptors (Lipinski definition) is 3. The molecule has 0 saturated heterocycles. The van der Waals surface area contributed by atoms with Crippen LogP contribution in [0.2, 0.25) is 5.02 Å². The molecule has 1 aliphatic rings. The van der Waals surface area contributed by atoms with Crippen molar-refractivity contribution in [1.82, 2.24) is 5.32 Å². The van der Waals surface area contributed by atoms with Crippen LogP contribution in [0.15, 0.2) is 17.7 Å². The van der Waals surface area contributed by atoms with Gasteiger partial charge in [0.2, 0.25) is 12.0 Å². The minimum absolute atomic E-state index is 0.0283. The molecule has 25 heavy (non-hydrogen) atoms. The lowest BCUT2D eigenvalue weighted by Gasteiger charge is -2.27. The van der Waals surface area contributed by atoms with E-state index in [9.17, 15) is 22.8 Å². The van der Waals surface area contributed by atoms with Crippen LogP contribution in [0.1, 0.15) is 30.9 Å². The quantitative estimate of drug-likeness (QED) is 0.823. The van der Waals surface area contributed by atoms with Gasteiger partial charge in [-0.15, -0.1) is 0 Å². The molecule has 2 N–H and O–H groups in total. The summed E-state index contributed by atoms with van der Waals surface area (Å²) in [6, 6.07) is 2.59. The predicted octanol–water partition coefficient (Wildman–Crippen LogP) is 3.55. The first-order valence-electron chi connectivity index (χ1n) is 7.40. The lowest BCUT2D eigenvalue weighted by atomic mass is 10.00. The summed E-state index contributed by atoms with van der Waals surface area (Å²) in [6.07, 6.45) is -5.58. The number of rotatable bonds is 5. The van der Waals surface area contributed by atoms with E-state index >= 15 is 0 Å². The summed E-state index contributed by atoms with van der Waals surface area (Å²) < 4.78 is 44.0. The van der Waals surface area contributed by atoms with E-state index in [2.05, 4.69) is 5.32 Å². The number of halogens is 4. The summed E-state index contributed by atoms with van der Waals surface area (Å²) in [5, 5.41) is 11.8. The van der Waals surface area contributed by atoms with Gasteiger partial charge in [0, 0.05) is 23.6 Å². The maximum absolute atomic E-state index is 13.1. The first-order valence-corrected chi connectivity index (χ1v) is 7.78. The molecule has 1 aromatic rings. The summed E-state index contributed by atoms with van der Waals surface area (Å²) in [4.78, 5) is 22.6. The van der Waals surface area contributed by atoms with E-state index in [4.69, 9.17) is 21.4 Å². The molecule has 2 rings (SSSR count). The van der Waals surface area contributed by atoms with Gasteiger partial charge in [-0.25, -0.2) is 4.79 Å². The second kappa shape index (κ2) is 7.35. The Labute approximate surface area is 146 Å². The fourth-order valence-electron chi connectivity index (χ4n) is 2.32. The monoisotopic (exact) mass is 377 g/mol. The van der Waals surface area contributed by atoms with E-state index in [-0.39, 0.29) is 28.8 Å². The number of amides is 1. The zero-order valence-corrected chi connectivity index (χ0v) is 13.9. The molecule has 1 atom stereocenters. The molecular formula is C16H15ClF3NO4. The number of carbonyl (C=O) groups excluding carboxylic acids is 1. The smallest absolute Gasteiger partial charge is 0.430 e. The number of hydrogen-bond donors (Lipinski definition) is 2. The number of alkyl halides is 3. The van der Waals surface area contributed by atoms with Gasteiger partial charge < -0.3 is 15.2 Å². The van der Waals surface area contributed by atoms with Gasteiger partial charge in [0.15, 0.2) is 0 Å². The van der Waals surface area contributed by atoms with Crippen molar-refractivity contribution in [2.45, 2.75) is 38.6 Å². The number of ether oxygens (including phenoxy) is 1. The van der Waals surface area contributed by atoms with Crippen molar-refractivity contribution in [1.29, 1.82) is 0 Å². The van der Waals surface area contributed by atoms with E-state index in [0.717, 1.165) is 6.08 Å². The van der Waals surface area contributed by atoms with Crippen LogP contribution in [0.25, 0.3) is 6.08 Å². The van der Waals surface area contributed by atoms with Gasteiger partial charge in [-0.3, -0.25) is 4.79 Å². The SMILES string of the molecule is CCCC(=O)NCc1cc2c(cc1Cl)C=C(C(=O)O)C(C(F)(F)F)O2. The Balaban J connectivity index is 2.33.